The minimum absolute atomic E-state index is 0.397. The first-order valence-electron chi connectivity index (χ1n) is 5.01. The van der Waals surface area contributed by atoms with Gasteiger partial charge in [-0.25, -0.2) is 4.89 Å². The molecule has 4 heteroatoms. The highest BCUT2D eigenvalue weighted by Gasteiger charge is 2.07. The third-order valence-electron chi connectivity index (χ3n) is 1.89. The van der Waals surface area contributed by atoms with Gasteiger partial charge in [-0.05, 0) is 24.3 Å². The normalized spacial score (nSPS) is 9.41. The second-order valence-electron chi connectivity index (χ2n) is 3.14. The lowest BCUT2D eigenvalue weighted by atomic mass is 10.3. The Bertz CT molecular complexity index is 467. The third-order valence-corrected chi connectivity index (χ3v) is 1.89. The SMILES string of the molecule is O=C(OOc1ccccc1)Oc1ccccc1. The molecule has 17 heavy (non-hydrogen) atoms. The van der Waals surface area contributed by atoms with Crippen LogP contribution in [-0.4, -0.2) is 6.16 Å². The largest absolute Gasteiger partial charge is 0.555 e. The number of para-hydroxylation sites is 2. The van der Waals surface area contributed by atoms with Crippen LogP contribution in [0.1, 0.15) is 0 Å². The molecule has 0 fully saturated rings. The van der Waals surface area contributed by atoms with E-state index >= 15 is 0 Å². The Morgan fingerprint density at radius 1 is 0.765 bits per heavy atom. The molecule has 0 aliphatic rings. The molecule has 0 aromatic heterocycles. The van der Waals surface area contributed by atoms with Crippen LogP contribution in [0.2, 0.25) is 0 Å². The average molecular weight is 230 g/mol. The van der Waals surface area contributed by atoms with E-state index in [4.69, 9.17) is 9.62 Å². The quantitative estimate of drug-likeness (QED) is 0.351. The van der Waals surface area contributed by atoms with Crippen LogP contribution in [0.4, 0.5) is 4.79 Å². The lowest BCUT2D eigenvalue weighted by Crippen LogP contribution is -2.12. The minimum atomic E-state index is -0.917. The zero-order valence-electron chi connectivity index (χ0n) is 8.91. The number of benzene rings is 2. The van der Waals surface area contributed by atoms with Crippen molar-refractivity contribution in [2.45, 2.75) is 0 Å². The van der Waals surface area contributed by atoms with Gasteiger partial charge in [-0.15, -0.1) is 0 Å². The van der Waals surface area contributed by atoms with E-state index in [2.05, 4.69) is 4.89 Å². The fourth-order valence-corrected chi connectivity index (χ4v) is 1.16. The Morgan fingerprint density at radius 3 is 1.88 bits per heavy atom. The monoisotopic (exact) mass is 230 g/mol. The van der Waals surface area contributed by atoms with Crippen molar-refractivity contribution in [3.8, 4) is 11.5 Å². The summed E-state index contributed by atoms with van der Waals surface area (Å²) in [6.45, 7) is 0. The van der Waals surface area contributed by atoms with Gasteiger partial charge in [0.05, 0.1) is 0 Å². The summed E-state index contributed by atoms with van der Waals surface area (Å²) in [4.78, 5) is 20.5. The van der Waals surface area contributed by atoms with Gasteiger partial charge in [0.25, 0.3) is 0 Å². The highest BCUT2D eigenvalue weighted by atomic mass is 17.2. The maximum absolute atomic E-state index is 11.2. The number of hydrogen-bond donors (Lipinski definition) is 0. The molecule has 4 nitrogen and oxygen atoms in total. The highest BCUT2D eigenvalue weighted by Crippen LogP contribution is 2.11. The summed E-state index contributed by atoms with van der Waals surface area (Å²) in [5.41, 5.74) is 0. The summed E-state index contributed by atoms with van der Waals surface area (Å²) in [6, 6.07) is 17.3. The summed E-state index contributed by atoms with van der Waals surface area (Å²) in [7, 11) is 0. The molecule has 0 saturated heterocycles. The molecule has 0 heterocycles. The van der Waals surface area contributed by atoms with Crippen molar-refractivity contribution in [2.75, 3.05) is 0 Å². The van der Waals surface area contributed by atoms with E-state index in [0.29, 0.717) is 11.5 Å². The van der Waals surface area contributed by atoms with Gasteiger partial charge in [-0.2, -0.15) is 4.79 Å². The highest BCUT2D eigenvalue weighted by molar-refractivity contribution is 5.63. The first kappa shape index (κ1) is 11.0. The van der Waals surface area contributed by atoms with Gasteiger partial charge in [0.15, 0.2) is 5.75 Å². The molecule has 0 radical (unpaired) electrons. The predicted octanol–water partition coefficient (Wildman–Crippen LogP) is 3.20. The lowest BCUT2D eigenvalue weighted by molar-refractivity contribution is -0.157. The lowest BCUT2D eigenvalue weighted by Gasteiger charge is -2.04. The van der Waals surface area contributed by atoms with Gasteiger partial charge in [-0.1, -0.05) is 36.4 Å². The number of ether oxygens (including phenoxy) is 1. The van der Waals surface area contributed by atoms with E-state index in [0.717, 1.165) is 0 Å². The van der Waals surface area contributed by atoms with Crippen LogP contribution in [0.25, 0.3) is 0 Å². The van der Waals surface area contributed by atoms with E-state index in [1.54, 1.807) is 48.5 Å². The molecule has 0 unspecified atom stereocenters. The molecule has 2 aromatic carbocycles. The zero-order chi connectivity index (χ0) is 11.9. The second kappa shape index (κ2) is 5.55. The summed E-state index contributed by atoms with van der Waals surface area (Å²) in [5.74, 6) is 0.826. The van der Waals surface area contributed by atoms with E-state index in [1.165, 1.54) is 0 Å². The molecule has 0 spiro atoms. The van der Waals surface area contributed by atoms with Crippen LogP contribution < -0.4 is 9.62 Å². The number of rotatable bonds is 3. The van der Waals surface area contributed by atoms with E-state index < -0.39 is 6.16 Å². The third kappa shape index (κ3) is 3.53. The van der Waals surface area contributed by atoms with E-state index in [9.17, 15) is 4.79 Å². The first-order chi connectivity index (χ1) is 8.34. The maximum atomic E-state index is 11.2. The van der Waals surface area contributed by atoms with Crippen molar-refractivity contribution in [1.29, 1.82) is 0 Å². The Labute approximate surface area is 98.3 Å². The molecular formula is C13H10O4. The fourth-order valence-electron chi connectivity index (χ4n) is 1.16. The standard InChI is InChI=1S/C13H10O4/c14-13(15-11-7-3-1-4-8-11)17-16-12-9-5-2-6-10-12/h1-10H. The van der Waals surface area contributed by atoms with Crippen LogP contribution in [0, 0.1) is 0 Å². The molecule has 0 saturated carbocycles. The number of carbonyl (C=O) groups is 1. The molecular weight excluding hydrogens is 220 g/mol. The Balaban J connectivity index is 1.83. The summed E-state index contributed by atoms with van der Waals surface area (Å²) in [5, 5.41) is 0. The molecule has 0 atom stereocenters. The minimum Gasteiger partial charge on any atom is -0.393 e. The molecule has 0 aliphatic carbocycles. The number of hydrogen-bond acceptors (Lipinski definition) is 4. The topological polar surface area (TPSA) is 44.8 Å². The van der Waals surface area contributed by atoms with Crippen molar-refractivity contribution >= 4 is 6.16 Å². The smallest absolute Gasteiger partial charge is 0.393 e. The molecule has 0 bridgehead atoms. The molecule has 86 valence electrons. The second-order valence-corrected chi connectivity index (χ2v) is 3.14. The predicted molar refractivity (Wildman–Crippen MR) is 60.6 cm³/mol. The van der Waals surface area contributed by atoms with Crippen molar-refractivity contribution in [3.63, 3.8) is 0 Å². The Morgan fingerprint density at radius 2 is 1.29 bits per heavy atom. The van der Waals surface area contributed by atoms with Gasteiger partial charge in [0.1, 0.15) is 5.75 Å². The molecule has 2 aromatic rings. The fraction of sp³-hybridized carbons (Fsp3) is 0. The summed E-state index contributed by atoms with van der Waals surface area (Å²) >= 11 is 0. The number of carbonyl (C=O) groups excluding carboxylic acids is 1. The van der Waals surface area contributed by atoms with E-state index in [-0.39, 0.29) is 0 Å². The van der Waals surface area contributed by atoms with Gasteiger partial charge in [-0.3, -0.25) is 4.89 Å². The van der Waals surface area contributed by atoms with Crippen molar-refractivity contribution < 1.29 is 19.3 Å². The molecule has 0 amide bonds. The van der Waals surface area contributed by atoms with Crippen LogP contribution in [0.3, 0.4) is 0 Å². The average Bonchev–Trinajstić information content (AvgIpc) is 2.39. The Hall–Kier alpha value is -2.49. The van der Waals surface area contributed by atoms with Crippen LogP contribution >= 0.6 is 0 Å². The summed E-state index contributed by atoms with van der Waals surface area (Å²) < 4.78 is 4.85. The van der Waals surface area contributed by atoms with Crippen molar-refractivity contribution in [3.05, 3.63) is 60.7 Å². The zero-order valence-corrected chi connectivity index (χ0v) is 8.91. The maximum Gasteiger partial charge on any atom is 0.555 e. The first-order valence-corrected chi connectivity index (χ1v) is 5.01. The molecule has 2 rings (SSSR count). The van der Waals surface area contributed by atoms with Crippen LogP contribution in [0.5, 0.6) is 11.5 Å². The van der Waals surface area contributed by atoms with E-state index in [1.807, 2.05) is 12.1 Å². The van der Waals surface area contributed by atoms with Crippen molar-refractivity contribution in [1.82, 2.24) is 0 Å². The summed E-state index contributed by atoms with van der Waals surface area (Å²) in [6.07, 6.45) is -0.917. The van der Waals surface area contributed by atoms with Crippen LogP contribution in [0.15, 0.2) is 60.7 Å². The van der Waals surface area contributed by atoms with Gasteiger partial charge >= 0.3 is 6.16 Å². The van der Waals surface area contributed by atoms with Crippen LogP contribution in [-0.2, 0) is 4.89 Å². The van der Waals surface area contributed by atoms with Gasteiger partial charge in [0.2, 0.25) is 0 Å². The molecule has 0 aliphatic heterocycles. The van der Waals surface area contributed by atoms with Crippen molar-refractivity contribution in [2.24, 2.45) is 0 Å². The van der Waals surface area contributed by atoms with Gasteiger partial charge in [0, 0.05) is 0 Å². The van der Waals surface area contributed by atoms with Gasteiger partial charge < -0.3 is 4.74 Å². The molecule has 0 N–H and O–H groups in total. The Kier molecular flexibility index (Phi) is 3.60.